The van der Waals surface area contributed by atoms with Gasteiger partial charge < -0.3 is 5.32 Å². The summed E-state index contributed by atoms with van der Waals surface area (Å²) in [6.07, 6.45) is 14.0. The predicted octanol–water partition coefficient (Wildman–Crippen LogP) is 3.84. The zero-order chi connectivity index (χ0) is 18.1. The van der Waals surface area contributed by atoms with Crippen molar-refractivity contribution in [3.05, 3.63) is 70.8 Å². The molecule has 5 nitrogen and oxygen atoms in total. The van der Waals surface area contributed by atoms with Crippen molar-refractivity contribution >= 4 is 5.91 Å². The minimum atomic E-state index is -0.106. The van der Waals surface area contributed by atoms with Crippen molar-refractivity contribution in [2.75, 3.05) is 0 Å². The number of rotatable bonds is 3. The van der Waals surface area contributed by atoms with Gasteiger partial charge in [-0.1, -0.05) is 24.3 Å². The van der Waals surface area contributed by atoms with E-state index in [1.165, 1.54) is 11.3 Å². The Hall–Kier alpha value is -2.69. The van der Waals surface area contributed by atoms with E-state index in [-0.39, 0.29) is 18.0 Å². The van der Waals surface area contributed by atoms with E-state index in [4.69, 9.17) is 5.10 Å². The molecule has 2 atom stereocenters. The van der Waals surface area contributed by atoms with Gasteiger partial charge in [0, 0.05) is 17.5 Å². The highest BCUT2D eigenvalue weighted by atomic mass is 16.1. The molecule has 2 heterocycles. The van der Waals surface area contributed by atoms with Crippen molar-refractivity contribution in [2.45, 2.75) is 51.6 Å². The molecule has 2 aliphatic carbocycles. The molecule has 0 bridgehead atoms. The molecule has 1 N–H and O–H groups in total. The third-order valence-electron chi connectivity index (χ3n) is 5.42. The number of allylic oxidation sites excluding steroid dienone is 4. The van der Waals surface area contributed by atoms with Gasteiger partial charge in [-0.25, -0.2) is 0 Å². The van der Waals surface area contributed by atoms with Crippen LogP contribution in [-0.4, -0.2) is 20.7 Å². The molecule has 0 aliphatic heterocycles. The molecule has 1 amide bonds. The van der Waals surface area contributed by atoms with Crippen molar-refractivity contribution in [1.29, 1.82) is 0 Å². The maximum absolute atomic E-state index is 12.7. The topological polar surface area (TPSA) is 59.8 Å². The molecular formula is C21H24N4O. The number of hydrogen-bond donors (Lipinski definition) is 1. The van der Waals surface area contributed by atoms with E-state index < -0.39 is 0 Å². The molecule has 4 rings (SSSR count). The molecule has 2 aromatic rings. The van der Waals surface area contributed by atoms with Crippen LogP contribution in [0.25, 0.3) is 0 Å². The normalized spacial score (nSPS) is 21.8. The van der Waals surface area contributed by atoms with E-state index >= 15 is 0 Å². The Bertz CT molecular complexity index is 893. The molecule has 0 radical (unpaired) electrons. The molecule has 0 saturated carbocycles. The lowest BCUT2D eigenvalue weighted by atomic mass is 9.91. The van der Waals surface area contributed by atoms with Crippen LogP contribution in [0.2, 0.25) is 0 Å². The van der Waals surface area contributed by atoms with Crippen LogP contribution in [0.1, 0.15) is 65.6 Å². The molecule has 26 heavy (non-hydrogen) atoms. The summed E-state index contributed by atoms with van der Waals surface area (Å²) in [5.41, 5.74) is 5.14. The maximum Gasteiger partial charge on any atom is 0.270 e. The van der Waals surface area contributed by atoms with Gasteiger partial charge in [0.1, 0.15) is 5.69 Å². The number of carbonyl (C=O) groups is 1. The Morgan fingerprint density at radius 3 is 3.04 bits per heavy atom. The van der Waals surface area contributed by atoms with Crippen LogP contribution in [0.4, 0.5) is 0 Å². The first kappa shape index (κ1) is 16.8. The molecule has 0 saturated heterocycles. The Balaban J connectivity index is 1.59. The van der Waals surface area contributed by atoms with Crippen LogP contribution in [0.15, 0.2) is 48.3 Å². The smallest absolute Gasteiger partial charge is 0.270 e. The Kier molecular flexibility index (Phi) is 4.45. The molecule has 5 heteroatoms. The van der Waals surface area contributed by atoms with Crippen LogP contribution in [0.5, 0.6) is 0 Å². The van der Waals surface area contributed by atoms with Gasteiger partial charge in [0.15, 0.2) is 0 Å². The lowest BCUT2D eigenvalue weighted by Crippen LogP contribution is -2.32. The monoisotopic (exact) mass is 348 g/mol. The first-order chi connectivity index (χ1) is 12.6. The maximum atomic E-state index is 12.7. The number of hydrogen-bond acceptors (Lipinski definition) is 3. The summed E-state index contributed by atoms with van der Waals surface area (Å²) in [7, 11) is 0. The Morgan fingerprint density at radius 2 is 2.23 bits per heavy atom. The highest BCUT2D eigenvalue weighted by Crippen LogP contribution is 2.34. The minimum Gasteiger partial charge on any atom is -0.344 e. The second-order valence-electron chi connectivity index (χ2n) is 7.17. The van der Waals surface area contributed by atoms with Gasteiger partial charge >= 0.3 is 0 Å². The largest absolute Gasteiger partial charge is 0.344 e. The van der Waals surface area contributed by atoms with Gasteiger partial charge in [-0.2, -0.15) is 5.10 Å². The van der Waals surface area contributed by atoms with Gasteiger partial charge in [0.25, 0.3) is 5.91 Å². The summed E-state index contributed by atoms with van der Waals surface area (Å²) in [5, 5.41) is 7.87. The summed E-state index contributed by atoms with van der Waals surface area (Å²) in [4.78, 5) is 16.9. The van der Waals surface area contributed by atoms with Crippen LogP contribution >= 0.6 is 0 Å². The fraction of sp³-hybridized carbons (Fsp3) is 0.381. The summed E-state index contributed by atoms with van der Waals surface area (Å²) in [6, 6.07) is 4.06. The van der Waals surface area contributed by atoms with E-state index in [0.29, 0.717) is 5.69 Å². The van der Waals surface area contributed by atoms with Crippen LogP contribution in [0.3, 0.4) is 0 Å². The Labute approximate surface area is 153 Å². The summed E-state index contributed by atoms with van der Waals surface area (Å²) in [5.74, 6) is -0.106. The quantitative estimate of drug-likeness (QED) is 0.917. The fourth-order valence-electron chi connectivity index (χ4n) is 3.97. The van der Waals surface area contributed by atoms with Gasteiger partial charge in [-0.15, -0.1) is 0 Å². The summed E-state index contributed by atoms with van der Waals surface area (Å²) in [6.45, 7) is 4.08. The first-order valence-corrected chi connectivity index (χ1v) is 9.27. The van der Waals surface area contributed by atoms with Crippen molar-refractivity contribution in [1.82, 2.24) is 20.1 Å². The van der Waals surface area contributed by atoms with Gasteiger partial charge in [-0.05, 0) is 56.7 Å². The van der Waals surface area contributed by atoms with E-state index in [0.717, 1.165) is 36.8 Å². The second kappa shape index (κ2) is 6.90. The van der Waals surface area contributed by atoms with Crippen molar-refractivity contribution in [3.63, 3.8) is 0 Å². The number of carbonyl (C=O) groups excluding carboxylic acids is 1. The predicted molar refractivity (Wildman–Crippen MR) is 101 cm³/mol. The van der Waals surface area contributed by atoms with Gasteiger partial charge in [-0.3, -0.25) is 14.5 Å². The molecule has 0 aromatic carbocycles. The number of nitrogens with zero attached hydrogens (tertiary/aromatic N) is 3. The fourth-order valence-corrected chi connectivity index (χ4v) is 3.97. The molecule has 0 spiro atoms. The van der Waals surface area contributed by atoms with E-state index in [9.17, 15) is 4.79 Å². The summed E-state index contributed by atoms with van der Waals surface area (Å²) < 4.78 is 2.16. The second-order valence-corrected chi connectivity index (χ2v) is 7.17. The van der Waals surface area contributed by atoms with Crippen LogP contribution in [-0.2, 0) is 6.42 Å². The zero-order valence-corrected chi connectivity index (χ0v) is 15.3. The third kappa shape index (κ3) is 2.98. The average Bonchev–Trinajstić information content (AvgIpc) is 3.07. The summed E-state index contributed by atoms with van der Waals surface area (Å²) >= 11 is 0. The van der Waals surface area contributed by atoms with Crippen LogP contribution < -0.4 is 5.32 Å². The highest BCUT2D eigenvalue weighted by Gasteiger charge is 2.29. The minimum absolute atomic E-state index is 0.00447. The number of pyridine rings is 1. The lowest BCUT2D eigenvalue weighted by molar-refractivity contribution is 0.0927. The number of aryl methyl sites for hydroxylation is 1. The molecule has 134 valence electrons. The SMILES string of the molecule is CC1=CC=CCC1n1ncc2c1CCC[C@H]2NC(=O)c1ncccc1C. The molecule has 2 aliphatic rings. The van der Waals surface area contributed by atoms with E-state index in [2.05, 4.69) is 40.1 Å². The molecular weight excluding hydrogens is 324 g/mol. The lowest BCUT2D eigenvalue weighted by Gasteiger charge is -2.27. The molecule has 1 unspecified atom stereocenters. The molecule has 0 fully saturated rings. The van der Waals surface area contributed by atoms with Gasteiger partial charge in [0.05, 0.1) is 18.3 Å². The van der Waals surface area contributed by atoms with Crippen LogP contribution in [0, 0.1) is 6.92 Å². The van der Waals surface area contributed by atoms with Crippen molar-refractivity contribution in [2.24, 2.45) is 0 Å². The first-order valence-electron chi connectivity index (χ1n) is 9.27. The van der Waals surface area contributed by atoms with Crippen molar-refractivity contribution in [3.8, 4) is 0 Å². The van der Waals surface area contributed by atoms with Crippen molar-refractivity contribution < 1.29 is 4.79 Å². The zero-order valence-electron chi connectivity index (χ0n) is 15.3. The van der Waals surface area contributed by atoms with Gasteiger partial charge in [0.2, 0.25) is 0 Å². The number of amides is 1. The Morgan fingerprint density at radius 1 is 1.35 bits per heavy atom. The molecule has 2 aromatic heterocycles. The number of fused-ring (bicyclic) bond motifs is 1. The highest BCUT2D eigenvalue weighted by molar-refractivity contribution is 5.93. The average molecular weight is 348 g/mol. The van der Waals surface area contributed by atoms with E-state index in [1.807, 2.05) is 25.3 Å². The third-order valence-corrected chi connectivity index (χ3v) is 5.42. The van der Waals surface area contributed by atoms with E-state index in [1.54, 1.807) is 6.20 Å². The standard InChI is InChI=1S/C21H24N4O/c1-14-7-3-4-10-18(14)25-19-11-5-9-17(16(19)13-23-25)24-21(26)20-15(2)8-6-12-22-20/h3-4,6-8,12-13,17-18H,5,9-11H2,1-2H3,(H,24,26)/t17-,18?/m1/s1. The number of aromatic nitrogens is 3. The number of nitrogens with one attached hydrogen (secondary N) is 1.